The van der Waals surface area contributed by atoms with Crippen LogP contribution in [0.2, 0.25) is 0 Å². The molecule has 0 unspecified atom stereocenters. The Labute approximate surface area is 186 Å². The second kappa shape index (κ2) is 8.89. The second-order valence-corrected chi connectivity index (χ2v) is 8.27. The number of amides is 1. The van der Waals surface area contributed by atoms with E-state index in [1.165, 1.54) is 43.6 Å². The molecule has 4 aromatic rings. The number of carbonyl (C=O) groups is 1. The van der Waals surface area contributed by atoms with Gasteiger partial charge in [-0.3, -0.25) is 14.7 Å². The van der Waals surface area contributed by atoms with Crippen molar-refractivity contribution in [3.05, 3.63) is 95.9 Å². The van der Waals surface area contributed by atoms with Crippen LogP contribution in [0.1, 0.15) is 28.8 Å². The van der Waals surface area contributed by atoms with E-state index in [-0.39, 0.29) is 11.7 Å². The number of anilines is 1. The molecule has 5 rings (SSSR count). The predicted molar refractivity (Wildman–Crippen MR) is 126 cm³/mol. The number of rotatable bonds is 5. The molecule has 160 valence electrons. The van der Waals surface area contributed by atoms with Crippen molar-refractivity contribution in [2.75, 3.05) is 18.4 Å². The topological polar surface area (TPSA) is 45.2 Å². The van der Waals surface area contributed by atoms with Gasteiger partial charge < -0.3 is 5.32 Å². The van der Waals surface area contributed by atoms with E-state index in [1.807, 2.05) is 18.2 Å². The van der Waals surface area contributed by atoms with E-state index >= 15 is 0 Å². The van der Waals surface area contributed by atoms with Crippen molar-refractivity contribution >= 4 is 22.5 Å². The monoisotopic (exact) mass is 425 g/mol. The molecule has 1 aliphatic rings. The Balaban J connectivity index is 1.28. The van der Waals surface area contributed by atoms with Gasteiger partial charge in [-0.2, -0.15) is 0 Å². The molecule has 1 fully saturated rings. The summed E-state index contributed by atoms with van der Waals surface area (Å²) in [7, 11) is 0. The highest BCUT2D eigenvalue weighted by Crippen LogP contribution is 2.22. The molecule has 0 radical (unpaired) electrons. The number of hydrogen-bond donors (Lipinski definition) is 1. The van der Waals surface area contributed by atoms with Gasteiger partial charge in [0.15, 0.2) is 0 Å². The van der Waals surface area contributed by atoms with Crippen molar-refractivity contribution in [2.24, 2.45) is 0 Å². The molecule has 1 amide bonds. The molecule has 32 heavy (non-hydrogen) atoms. The lowest BCUT2D eigenvalue weighted by atomic mass is 10.0. The first-order chi connectivity index (χ1) is 15.6. The van der Waals surface area contributed by atoms with Gasteiger partial charge in [0.1, 0.15) is 5.82 Å². The number of halogens is 1. The Morgan fingerprint density at radius 2 is 1.59 bits per heavy atom. The molecule has 1 aliphatic heterocycles. The zero-order valence-electron chi connectivity index (χ0n) is 17.7. The third-order valence-corrected chi connectivity index (χ3v) is 5.94. The van der Waals surface area contributed by atoms with Crippen molar-refractivity contribution in [1.82, 2.24) is 9.88 Å². The maximum Gasteiger partial charge on any atom is 0.255 e. The Kier molecular flexibility index (Phi) is 5.65. The fraction of sp³-hybridized carbons (Fsp3) is 0.185. The number of hydrogen-bond acceptors (Lipinski definition) is 3. The van der Waals surface area contributed by atoms with Crippen molar-refractivity contribution in [2.45, 2.75) is 19.4 Å². The van der Waals surface area contributed by atoms with Crippen LogP contribution < -0.4 is 5.32 Å². The van der Waals surface area contributed by atoms with Crippen LogP contribution in [-0.2, 0) is 6.54 Å². The molecular weight excluding hydrogens is 401 g/mol. The van der Waals surface area contributed by atoms with E-state index in [1.54, 1.807) is 30.5 Å². The summed E-state index contributed by atoms with van der Waals surface area (Å²) in [5, 5.41) is 3.93. The van der Waals surface area contributed by atoms with Gasteiger partial charge in [0.05, 0.1) is 17.4 Å². The Morgan fingerprint density at radius 3 is 2.31 bits per heavy atom. The Hall–Kier alpha value is -3.57. The molecule has 0 atom stereocenters. The Morgan fingerprint density at radius 1 is 0.906 bits per heavy atom. The lowest BCUT2D eigenvalue weighted by Gasteiger charge is -2.15. The fourth-order valence-corrected chi connectivity index (χ4v) is 4.19. The molecule has 3 aromatic carbocycles. The third kappa shape index (κ3) is 4.53. The van der Waals surface area contributed by atoms with E-state index in [2.05, 4.69) is 33.4 Å². The minimum atomic E-state index is -0.267. The summed E-state index contributed by atoms with van der Waals surface area (Å²) < 4.78 is 13.1. The molecule has 1 N–H and O–H groups in total. The molecule has 2 heterocycles. The number of pyridine rings is 1. The first kappa shape index (κ1) is 20.3. The average Bonchev–Trinajstić information content (AvgIpc) is 3.33. The molecule has 0 bridgehead atoms. The van der Waals surface area contributed by atoms with Crippen LogP contribution in [-0.4, -0.2) is 28.9 Å². The number of likely N-dealkylation sites (tertiary alicyclic amines) is 1. The third-order valence-electron chi connectivity index (χ3n) is 5.94. The number of nitrogens with one attached hydrogen (secondary N) is 1. The number of fused-ring (bicyclic) bond motifs is 1. The van der Waals surface area contributed by atoms with Crippen LogP contribution in [0, 0.1) is 5.82 Å². The van der Waals surface area contributed by atoms with E-state index < -0.39 is 0 Å². The van der Waals surface area contributed by atoms with E-state index in [0.29, 0.717) is 11.3 Å². The summed E-state index contributed by atoms with van der Waals surface area (Å²) in [5.74, 6) is -0.459. The van der Waals surface area contributed by atoms with Gasteiger partial charge >= 0.3 is 0 Å². The molecule has 4 nitrogen and oxygen atoms in total. The maximum atomic E-state index is 13.1. The summed E-state index contributed by atoms with van der Waals surface area (Å²) in [6.45, 7) is 3.30. The van der Waals surface area contributed by atoms with E-state index in [9.17, 15) is 9.18 Å². The van der Waals surface area contributed by atoms with Crippen molar-refractivity contribution in [1.29, 1.82) is 0 Å². The molecule has 0 saturated carbocycles. The van der Waals surface area contributed by atoms with Crippen LogP contribution in [0.5, 0.6) is 0 Å². The number of carbonyl (C=O) groups excluding carboxylic acids is 1. The number of nitrogens with zero attached hydrogens (tertiary/aromatic N) is 2. The van der Waals surface area contributed by atoms with Crippen LogP contribution >= 0.6 is 0 Å². The minimum absolute atomic E-state index is 0.192. The summed E-state index contributed by atoms with van der Waals surface area (Å²) in [4.78, 5) is 19.7. The largest absolute Gasteiger partial charge is 0.321 e. The van der Waals surface area contributed by atoms with E-state index in [4.69, 9.17) is 0 Å². The zero-order valence-corrected chi connectivity index (χ0v) is 17.7. The molecule has 1 saturated heterocycles. The number of benzene rings is 3. The van der Waals surface area contributed by atoms with Gasteiger partial charge in [-0.05, 0) is 79.0 Å². The highest BCUT2D eigenvalue weighted by Gasteiger charge is 2.12. The lowest BCUT2D eigenvalue weighted by molar-refractivity contribution is 0.102. The van der Waals surface area contributed by atoms with Gasteiger partial charge in [0.2, 0.25) is 0 Å². The quantitative estimate of drug-likeness (QED) is 0.434. The van der Waals surface area contributed by atoms with Crippen molar-refractivity contribution in [3.63, 3.8) is 0 Å². The van der Waals surface area contributed by atoms with Crippen molar-refractivity contribution < 1.29 is 9.18 Å². The first-order valence-electron chi connectivity index (χ1n) is 10.9. The molecule has 5 heteroatoms. The average molecular weight is 426 g/mol. The highest BCUT2D eigenvalue weighted by atomic mass is 19.1. The number of aromatic nitrogens is 1. The van der Waals surface area contributed by atoms with Crippen LogP contribution in [0.4, 0.5) is 10.1 Å². The summed E-state index contributed by atoms with van der Waals surface area (Å²) in [6, 6.07) is 21.9. The van der Waals surface area contributed by atoms with Crippen molar-refractivity contribution in [3.8, 4) is 11.1 Å². The fourth-order valence-electron chi connectivity index (χ4n) is 4.19. The minimum Gasteiger partial charge on any atom is -0.321 e. The molecule has 0 aliphatic carbocycles. The highest BCUT2D eigenvalue weighted by molar-refractivity contribution is 6.05. The molecular formula is C27H24FN3O. The predicted octanol–water partition coefficient (Wildman–Crippen LogP) is 5.89. The van der Waals surface area contributed by atoms with Crippen LogP contribution in [0.25, 0.3) is 22.0 Å². The first-order valence-corrected chi connectivity index (χ1v) is 10.9. The zero-order chi connectivity index (χ0) is 21.9. The maximum absolute atomic E-state index is 13.1. The standard InChI is InChI=1S/C27H24FN3O/c28-24-11-9-21(10-12-24)20-5-7-22(8-6-20)27(32)30-25-16-23-4-3-19(15-26(23)29-17-25)18-31-13-1-2-14-31/h3-12,15-17H,1-2,13-14,18H2,(H,30,32). The Bertz CT molecular complexity index is 1250. The van der Waals surface area contributed by atoms with Crippen LogP contribution in [0.15, 0.2) is 79.0 Å². The second-order valence-electron chi connectivity index (χ2n) is 8.27. The van der Waals surface area contributed by atoms with Crippen LogP contribution in [0.3, 0.4) is 0 Å². The summed E-state index contributed by atoms with van der Waals surface area (Å²) in [6.07, 6.45) is 4.26. The molecule has 1 aromatic heterocycles. The summed E-state index contributed by atoms with van der Waals surface area (Å²) in [5.41, 5.74) is 5.25. The smallest absolute Gasteiger partial charge is 0.255 e. The molecule has 0 spiro atoms. The SMILES string of the molecule is O=C(Nc1cnc2cc(CN3CCCC3)ccc2c1)c1ccc(-c2ccc(F)cc2)cc1. The van der Waals surface area contributed by atoms with E-state index in [0.717, 1.165) is 28.6 Å². The van der Waals surface area contributed by atoms with Gasteiger partial charge in [-0.15, -0.1) is 0 Å². The normalized spacial score (nSPS) is 14.0. The summed E-state index contributed by atoms with van der Waals surface area (Å²) >= 11 is 0. The van der Waals surface area contributed by atoms with Gasteiger partial charge in [-0.1, -0.05) is 36.4 Å². The lowest BCUT2D eigenvalue weighted by Crippen LogP contribution is -2.18. The van der Waals surface area contributed by atoms with Gasteiger partial charge in [-0.25, -0.2) is 4.39 Å². The van der Waals surface area contributed by atoms with Gasteiger partial charge in [0.25, 0.3) is 5.91 Å². The van der Waals surface area contributed by atoms with Gasteiger partial charge in [0, 0.05) is 17.5 Å².